The molecule has 0 saturated carbocycles. The van der Waals surface area contributed by atoms with E-state index < -0.39 is 35.7 Å². The molecule has 3 atom stereocenters. The largest absolute Gasteiger partial charge is 0.468 e. The first-order chi connectivity index (χ1) is 17.4. The Bertz CT molecular complexity index is 868. The molecular formula is C28H45N3O6. The van der Waals surface area contributed by atoms with Gasteiger partial charge in [0.2, 0.25) is 11.8 Å². The van der Waals surface area contributed by atoms with E-state index in [9.17, 15) is 19.2 Å². The van der Waals surface area contributed by atoms with Crippen LogP contribution in [0.25, 0.3) is 0 Å². The number of carbonyl (C=O) groups is 4. The predicted octanol–water partition coefficient (Wildman–Crippen LogP) is 4.37. The fourth-order valence-electron chi connectivity index (χ4n) is 3.81. The molecule has 1 aromatic carbocycles. The van der Waals surface area contributed by atoms with Crippen LogP contribution in [0.2, 0.25) is 0 Å². The quantitative estimate of drug-likeness (QED) is 0.279. The number of esters is 1. The van der Waals surface area contributed by atoms with Gasteiger partial charge in [-0.05, 0) is 38.7 Å². The standard InChI is InChI=1S/C28H45N3O6/c1-8-10-11-15-18-31(26(34)23(20(3)9-2)30-27(35)37-28(4,5)6)24(21-16-13-12-14-17-21)25(33)29-19-22(32)36-7/h12-14,16-17,20,23-24H,8-11,15,18-19H2,1-7H3,(H,29,33)(H,30,35). The van der Waals surface area contributed by atoms with Crippen molar-refractivity contribution < 1.29 is 28.7 Å². The van der Waals surface area contributed by atoms with Crippen LogP contribution in [0.15, 0.2) is 30.3 Å². The number of rotatable bonds is 14. The van der Waals surface area contributed by atoms with Crippen LogP contribution < -0.4 is 10.6 Å². The lowest BCUT2D eigenvalue weighted by Gasteiger charge is -2.36. The van der Waals surface area contributed by atoms with E-state index in [2.05, 4.69) is 22.3 Å². The Balaban J connectivity index is 3.43. The highest BCUT2D eigenvalue weighted by atomic mass is 16.6. The molecular weight excluding hydrogens is 474 g/mol. The maximum absolute atomic E-state index is 14.1. The number of hydrogen-bond acceptors (Lipinski definition) is 6. The van der Waals surface area contributed by atoms with Crippen LogP contribution >= 0.6 is 0 Å². The first-order valence-corrected chi connectivity index (χ1v) is 13.1. The summed E-state index contributed by atoms with van der Waals surface area (Å²) in [6, 6.07) is 7.06. The molecule has 9 nitrogen and oxygen atoms in total. The van der Waals surface area contributed by atoms with Gasteiger partial charge in [-0.25, -0.2) is 4.79 Å². The lowest BCUT2D eigenvalue weighted by molar-refractivity contribution is -0.145. The van der Waals surface area contributed by atoms with Crippen molar-refractivity contribution >= 4 is 23.9 Å². The Morgan fingerprint density at radius 3 is 2.19 bits per heavy atom. The molecule has 9 heteroatoms. The summed E-state index contributed by atoms with van der Waals surface area (Å²) in [7, 11) is 1.24. The van der Waals surface area contributed by atoms with Gasteiger partial charge < -0.3 is 25.0 Å². The molecule has 3 amide bonds. The lowest BCUT2D eigenvalue weighted by Crippen LogP contribution is -2.55. The molecule has 1 aromatic rings. The van der Waals surface area contributed by atoms with Crippen LogP contribution in [0.5, 0.6) is 0 Å². The van der Waals surface area contributed by atoms with E-state index in [0.29, 0.717) is 24.9 Å². The fourth-order valence-corrected chi connectivity index (χ4v) is 3.81. The molecule has 0 spiro atoms. The highest BCUT2D eigenvalue weighted by molar-refractivity contribution is 5.93. The monoisotopic (exact) mass is 519 g/mol. The Morgan fingerprint density at radius 1 is 1.00 bits per heavy atom. The number of hydrogen-bond donors (Lipinski definition) is 2. The highest BCUT2D eigenvalue weighted by Crippen LogP contribution is 2.25. The van der Waals surface area contributed by atoms with Crippen molar-refractivity contribution in [1.29, 1.82) is 0 Å². The molecule has 208 valence electrons. The molecule has 0 fully saturated rings. The summed E-state index contributed by atoms with van der Waals surface area (Å²) in [6.45, 7) is 11.2. The minimum absolute atomic E-state index is 0.215. The molecule has 2 N–H and O–H groups in total. The highest BCUT2D eigenvalue weighted by Gasteiger charge is 2.38. The SMILES string of the molecule is CCCCCCN(C(=O)C(NC(=O)OC(C)(C)C)C(C)CC)C(C(=O)NCC(=O)OC)c1ccccc1. The number of nitrogens with one attached hydrogen (secondary N) is 2. The minimum Gasteiger partial charge on any atom is -0.468 e. The number of methoxy groups -OCH3 is 1. The molecule has 3 unspecified atom stereocenters. The Labute approximate surface area is 221 Å². The third-order valence-corrected chi connectivity index (χ3v) is 6.00. The molecule has 0 heterocycles. The van der Waals surface area contributed by atoms with Gasteiger partial charge in [-0.1, -0.05) is 76.8 Å². The molecule has 0 bridgehead atoms. The van der Waals surface area contributed by atoms with Gasteiger partial charge in [-0.2, -0.15) is 0 Å². The van der Waals surface area contributed by atoms with Crippen LogP contribution in [0.4, 0.5) is 4.79 Å². The van der Waals surface area contributed by atoms with Crippen LogP contribution in [-0.4, -0.2) is 60.6 Å². The number of carbonyl (C=O) groups excluding carboxylic acids is 4. The van der Waals surface area contributed by atoms with Crippen molar-refractivity contribution in [2.75, 3.05) is 20.2 Å². The van der Waals surface area contributed by atoms with Crippen molar-refractivity contribution in [2.24, 2.45) is 5.92 Å². The van der Waals surface area contributed by atoms with Crippen molar-refractivity contribution in [3.63, 3.8) is 0 Å². The van der Waals surface area contributed by atoms with E-state index in [1.165, 1.54) is 12.0 Å². The third kappa shape index (κ3) is 11.2. The number of ether oxygens (including phenoxy) is 2. The van der Waals surface area contributed by atoms with Crippen LogP contribution in [0.1, 0.15) is 85.3 Å². The van der Waals surface area contributed by atoms with Crippen LogP contribution in [0, 0.1) is 5.92 Å². The van der Waals surface area contributed by atoms with Gasteiger partial charge in [0, 0.05) is 6.54 Å². The smallest absolute Gasteiger partial charge is 0.408 e. The third-order valence-electron chi connectivity index (χ3n) is 6.00. The normalized spacial score (nSPS) is 13.6. The topological polar surface area (TPSA) is 114 Å². The zero-order chi connectivity index (χ0) is 28.0. The van der Waals surface area contributed by atoms with Gasteiger partial charge in [-0.15, -0.1) is 0 Å². The summed E-state index contributed by atoms with van der Waals surface area (Å²) in [6.07, 6.45) is 3.53. The van der Waals surface area contributed by atoms with Crippen molar-refractivity contribution in [1.82, 2.24) is 15.5 Å². The average molecular weight is 520 g/mol. The number of nitrogens with zero attached hydrogens (tertiary/aromatic N) is 1. The minimum atomic E-state index is -0.994. The summed E-state index contributed by atoms with van der Waals surface area (Å²) in [4.78, 5) is 53.5. The second-order valence-electron chi connectivity index (χ2n) is 10.2. The van der Waals surface area contributed by atoms with E-state index in [-0.39, 0.29) is 18.4 Å². The Hall–Kier alpha value is -3.10. The summed E-state index contributed by atoms with van der Waals surface area (Å²) in [5.41, 5.74) is -0.123. The van der Waals surface area contributed by atoms with E-state index in [0.717, 1.165) is 19.3 Å². The van der Waals surface area contributed by atoms with Gasteiger partial charge in [0.05, 0.1) is 7.11 Å². The maximum Gasteiger partial charge on any atom is 0.408 e. The molecule has 0 saturated heterocycles. The molecule has 37 heavy (non-hydrogen) atoms. The van der Waals surface area contributed by atoms with E-state index in [1.54, 1.807) is 45.0 Å². The molecule has 0 aliphatic heterocycles. The second-order valence-corrected chi connectivity index (χ2v) is 10.2. The number of alkyl carbamates (subject to hydrolysis) is 1. The Morgan fingerprint density at radius 2 is 1.65 bits per heavy atom. The van der Waals surface area contributed by atoms with Gasteiger partial charge >= 0.3 is 12.1 Å². The van der Waals surface area contributed by atoms with E-state index in [1.807, 2.05) is 19.9 Å². The average Bonchev–Trinajstić information content (AvgIpc) is 2.86. The van der Waals surface area contributed by atoms with Crippen molar-refractivity contribution in [3.05, 3.63) is 35.9 Å². The maximum atomic E-state index is 14.1. The second kappa shape index (κ2) is 15.9. The van der Waals surface area contributed by atoms with Gasteiger partial charge in [0.1, 0.15) is 24.2 Å². The summed E-state index contributed by atoms with van der Waals surface area (Å²) in [5.74, 6) is -1.68. The number of benzene rings is 1. The number of unbranched alkanes of at least 4 members (excludes halogenated alkanes) is 3. The lowest BCUT2D eigenvalue weighted by atomic mass is 9.95. The van der Waals surface area contributed by atoms with E-state index in [4.69, 9.17) is 4.74 Å². The fraction of sp³-hybridized carbons (Fsp3) is 0.643. The van der Waals surface area contributed by atoms with E-state index >= 15 is 0 Å². The number of amides is 3. The summed E-state index contributed by atoms with van der Waals surface area (Å²) < 4.78 is 10.1. The molecule has 0 aliphatic carbocycles. The zero-order valence-corrected chi connectivity index (χ0v) is 23.5. The summed E-state index contributed by atoms with van der Waals surface area (Å²) >= 11 is 0. The molecule has 0 radical (unpaired) electrons. The first-order valence-electron chi connectivity index (χ1n) is 13.1. The Kier molecular flexibility index (Phi) is 13.7. The summed E-state index contributed by atoms with van der Waals surface area (Å²) in [5, 5.41) is 5.36. The molecule has 0 aromatic heterocycles. The van der Waals surface area contributed by atoms with Crippen LogP contribution in [0.3, 0.4) is 0 Å². The zero-order valence-electron chi connectivity index (χ0n) is 23.5. The molecule has 1 rings (SSSR count). The van der Waals surface area contributed by atoms with Crippen molar-refractivity contribution in [3.8, 4) is 0 Å². The van der Waals surface area contributed by atoms with Crippen LogP contribution in [-0.2, 0) is 23.9 Å². The van der Waals surface area contributed by atoms with Crippen molar-refractivity contribution in [2.45, 2.75) is 91.3 Å². The first kappa shape index (κ1) is 31.9. The molecule has 0 aliphatic rings. The van der Waals surface area contributed by atoms with Gasteiger partial charge in [-0.3, -0.25) is 14.4 Å². The van der Waals surface area contributed by atoms with Gasteiger partial charge in [0.25, 0.3) is 0 Å². The predicted molar refractivity (Wildman–Crippen MR) is 143 cm³/mol. The van der Waals surface area contributed by atoms with Gasteiger partial charge in [0.15, 0.2) is 0 Å².